The Morgan fingerprint density at radius 3 is 2.68 bits per heavy atom. The highest BCUT2D eigenvalue weighted by atomic mass is 19.1. The molecule has 0 spiro atoms. The zero-order chi connectivity index (χ0) is 24.5. The fraction of sp³-hybridized carbons (Fsp3) is 0.423. The van der Waals surface area contributed by atoms with Gasteiger partial charge in [0.1, 0.15) is 28.9 Å². The van der Waals surface area contributed by atoms with Crippen molar-refractivity contribution in [1.82, 2.24) is 14.9 Å². The molecule has 0 amide bonds. The van der Waals surface area contributed by atoms with Crippen LogP contribution >= 0.6 is 0 Å². The Kier molecular flexibility index (Phi) is 6.58. The van der Waals surface area contributed by atoms with Crippen LogP contribution in [-0.4, -0.2) is 53.2 Å². The molecular weight excluding hydrogens is 435 g/mol. The van der Waals surface area contributed by atoms with Crippen LogP contribution in [0.2, 0.25) is 0 Å². The van der Waals surface area contributed by atoms with E-state index in [0.29, 0.717) is 28.1 Å². The number of esters is 1. The summed E-state index contributed by atoms with van der Waals surface area (Å²) in [5.41, 5.74) is 2.65. The maximum absolute atomic E-state index is 14.1. The zero-order valence-electron chi connectivity index (χ0n) is 19.9. The minimum atomic E-state index is -0.489. The Hall–Kier alpha value is -3.44. The lowest BCUT2D eigenvalue weighted by Gasteiger charge is -2.31. The van der Waals surface area contributed by atoms with Crippen LogP contribution in [-0.2, 0) is 9.53 Å². The number of fused-ring (bicyclic) bond motifs is 1. The monoisotopic (exact) mass is 464 g/mol. The smallest absolute Gasteiger partial charge is 0.320 e. The van der Waals surface area contributed by atoms with Crippen molar-refractivity contribution in [1.29, 1.82) is 5.26 Å². The van der Waals surface area contributed by atoms with Crippen molar-refractivity contribution in [2.75, 3.05) is 26.7 Å². The van der Waals surface area contributed by atoms with Crippen molar-refractivity contribution in [3.63, 3.8) is 0 Å². The molecule has 1 saturated heterocycles. The summed E-state index contributed by atoms with van der Waals surface area (Å²) in [6, 6.07) is 8.47. The number of carbonyl (C=O) groups excluding carboxylic acids is 1. The molecule has 1 N–H and O–H groups in total. The summed E-state index contributed by atoms with van der Waals surface area (Å²) in [4.78, 5) is 22.1. The number of carbonyl (C=O) groups is 1. The van der Waals surface area contributed by atoms with Crippen LogP contribution < -0.4 is 4.74 Å². The van der Waals surface area contributed by atoms with E-state index < -0.39 is 11.4 Å². The van der Waals surface area contributed by atoms with Crippen molar-refractivity contribution >= 4 is 17.0 Å². The molecule has 7 nitrogen and oxygen atoms in total. The first-order valence-corrected chi connectivity index (χ1v) is 11.4. The summed E-state index contributed by atoms with van der Waals surface area (Å²) >= 11 is 0. The Bertz CT molecular complexity index is 1250. The number of nitrogens with zero attached hydrogens (tertiary/aromatic N) is 3. The number of hydrogen-bond acceptors (Lipinski definition) is 6. The van der Waals surface area contributed by atoms with Gasteiger partial charge in [0.2, 0.25) is 0 Å². The van der Waals surface area contributed by atoms with Gasteiger partial charge < -0.3 is 14.5 Å². The van der Waals surface area contributed by atoms with Crippen LogP contribution in [0.1, 0.15) is 50.8 Å². The molecule has 4 rings (SSSR count). The summed E-state index contributed by atoms with van der Waals surface area (Å²) in [5.74, 6) is 0.136. The highest BCUT2D eigenvalue weighted by molar-refractivity contribution is 5.98. The minimum absolute atomic E-state index is 0.210. The Morgan fingerprint density at radius 1 is 1.29 bits per heavy atom. The van der Waals surface area contributed by atoms with Crippen molar-refractivity contribution < 1.29 is 18.7 Å². The molecule has 0 saturated carbocycles. The van der Waals surface area contributed by atoms with Crippen LogP contribution in [0, 0.1) is 17.1 Å². The van der Waals surface area contributed by atoms with Gasteiger partial charge in [-0.1, -0.05) is 0 Å². The molecule has 1 fully saturated rings. The number of ether oxygens (including phenoxy) is 2. The van der Waals surface area contributed by atoms with Crippen molar-refractivity contribution in [2.24, 2.45) is 0 Å². The van der Waals surface area contributed by atoms with E-state index in [9.17, 15) is 14.4 Å². The standard InChI is InChI=1S/C26H29FN4O3/c1-26(2,3)34-23(32)15-31-9-7-16(8-10-31)21-12-20-24(17(13-28)14-29-25(20)30-21)19-11-18(27)5-6-22(19)33-4/h5-6,11-12,14,16H,7-10,15H2,1-4H3,(H,29,30). The third-order valence-electron chi connectivity index (χ3n) is 6.03. The highest BCUT2D eigenvalue weighted by Gasteiger charge is 2.26. The summed E-state index contributed by atoms with van der Waals surface area (Å²) in [5, 5.41) is 10.5. The zero-order valence-corrected chi connectivity index (χ0v) is 19.9. The number of rotatable bonds is 5. The van der Waals surface area contributed by atoms with Gasteiger partial charge in [0.15, 0.2) is 0 Å². The molecule has 3 heterocycles. The maximum atomic E-state index is 14.1. The number of aromatic nitrogens is 2. The highest BCUT2D eigenvalue weighted by Crippen LogP contribution is 2.39. The fourth-order valence-corrected chi connectivity index (χ4v) is 4.52. The van der Waals surface area contributed by atoms with E-state index in [1.54, 1.807) is 6.07 Å². The Morgan fingerprint density at radius 2 is 2.03 bits per heavy atom. The van der Waals surface area contributed by atoms with Crippen LogP contribution in [0.25, 0.3) is 22.2 Å². The van der Waals surface area contributed by atoms with Crippen LogP contribution in [0.3, 0.4) is 0 Å². The summed E-state index contributed by atoms with van der Waals surface area (Å²) < 4.78 is 25.0. The maximum Gasteiger partial charge on any atom is 0.320 e. The van der Waals surface area contributed by atoms with Crippen molar-refractivity contribution in [2.45, 2.75) is 45.1 Å². The Balaban J connectivity index is 1.59. The first kappa shape index (κ1) is 23.7. The van der Waals surface area contributed by atoms with Gasteiger partial charge in [0, 0.05) is 34.3 Å². The number of nitriles is 1. The molecule has 1 aliphatic rings. The van der Waals surface area contributed by atoms with Gasteiger partial charge in [-0.05, 0) is 71.0 Å². The molecule has 0 unspecified atom stereocenters. The third-order valence-corrected chi connectivity index (χ3v) is 6.03. The van der Waals surface area contributed by atoms with E-state index in [0.717, 1.165) is 37.0 Å². The predicted molar refractivity (Wildman–Crippen MR) is 127 cm³/mol. The normalized spacial score (nSPS) is 15.3. The van der Waals surface area contributed by atoms with Gasteiger partial charge in [0.25, 0.3) is 0 Å². The molecule has 34 heavy (non-hydrogen) atoms. The number of nitrogens with one attached hydrogen (secondary N) is 1. The van der Waals surface area contributed by atoms with E-state index in [1.807, 2.05) is 26.8 Å². The first-order chi connectivity index (χ1) is 16.2. The number of aromatic amines is 1. The second kappa shape index (κ2) is 9.43. The number of benzene rings is 1. The van der Waals surface area contributed by atoms with Crippen molar-refractivity contribution in [3.8, 4) is 22.9 Å². The van der Waals surface area contributed by atoms with Crippen LogP contribution in [0.4, 0.5) is 4.39 Å². The molecule has 0 radical (unpaired) electrons. The molecule has 178 valence electrons. The lowest BCUT2D eigenvalue weighted by molar-refractivity contribution is -0.156. The van der Waals surface area contributed by atoms with Crippen LogP contribution in [0.5, 0.6) is 5.75 Å². The van der Waals surface area contributed by atoms with Gasteiger partial charge in [-0.2, -0.15) is 5.26 Å². The van der Waals surface area contributed by atoms with E-state index in [-0.39, 0.29) is 18.4 Å². The molecule has 0 atom stereocenters. The van der Waals surface area contributed by atoms with Gasteiger partial charge in [0.05, 0.1) is 19.2 Å². The number of hydrogen-bond donors (Lipinski definition) is 1. The molecule has 0 bridgehead atoms. The molecule has 0 aliphatic carbocycles. The fourth-order valence-electron chi connectivity index (χ4n) is 4.52. The summed E-state index contributed by atoms with van der Waals surface area (Å²) in [6.07, 6.45) is 3.25. The predicted octanol–water partition coefficient (Wildman–Crippen LogP) is 4.77. The van der Waals surface area contributed by atoms with E-state index >= 15 is 0 Å². The Labute approximate surface area is 198 Å². The summed E-state index contributed by atoms with van der Waals surface area (Å²) in [6.45, 7) is 7.44. The van der Waals surface area contributed by atoms with Crippen molar-refractivity contribution in [3.05, 3.63) is 47.5 Å². The van der Waals surface area contributed by atoms with Gasteiger partial charge in [-0.15, -0.1) is 0 Å². The van der Waals surface area contributed by atoms with Crippen LogP contribution in [0.15, 0.2) is 30.5 Å². The largest absolute Gasteiger partial charge is 0.496 e. The minimum Gasteiger partial charge on any atom is -0.496 e. The first-order valence-electron chi connectivity index (χ1n) is 11.4. The molecule has 1 aromatic carbocycles. The number of H-pyrrole nitrogens is 1. The number of piperidine rings is 1. The second-order valence-electron chi connectivity index (χ2n) is 9.63. The SMILES string of the molecule is COc1ccc(F)cc1-c1c(C#N)cnc2[nH]c(C3CCN(CC(=O)OC(C)(C)C)CC3)cc12. The van der Waals surface area contributed by atoms with Gasteiger partial charge in [-0.25, -0.2) is 9.37 Å². The quantitative estimate of drug-likeness (QED) is 0.547. The van der Waals surface area contributed by atoms with E-state index in [1.165, 1.54) is 25.4 Å². The summed E-state index contributed by atoms with van der Waals surface area (Å²) in [7, 11) is 1.52. The number of methoxy groups -OCH3 is 1. The number of likely N-dealkylation sites (tertiary alicyclic amines) is 1. The molecule has 3 aromatic rings. The topological polar surface area (TPSA) is 91.2 Å². The van der Waals surface area contributed by atoms with Gasteiger partial charge in [-0.3, -0.25) is 9.69 Å². The average Bonchev–Trinajstić information content (AvgIpc) is 3.21. The van der Waals surface area contributed by atoms with E-state index in [2.05, 4.69) is 20.9 Å². The number of halogens is 1. The molecule has 2 aromatic heterocycles. The molecular formula is C26H29FN4O3. The lowest BCUT2D eigenvalue weighted by Crippen LogP contribution is -2.39. The second-order valence-corrected chi connectivity index (χ2v) is 9.63. The average molecular weight is 465 g/mol. The van der Waals surface area contributed by atoms with E-state index in [4.69, 9.17) is 9.47 Å². The number of pyridine rings is 1. The van der Waals surface area contributed by atoms with Gasteiger partial charge >= 0.3 is 5.97 Å². The lowest BCUT2D eigenvalue weighted by atomic mass is 9.92. The third kappa shape index (κ3) is 5.05. The molecule has 1 aliphatic heterocycles. The molecule has 8 heteroatoms.